The molecule has 5 N–H and O–H groups in total. The molecule has 1 saturated heterocycles. The number of hydrogen-bond acceptors (Lipinski definition) is 9. The molecule has 61 heavy (non-hydrogen) atoms. The summed E-state index contributed by atoms with van der Waals surface area (Å²) in [7, 11) is 2.58. The first-order chi connectivity index (χ1) is 29.4. The molecule has 320 valence electrons. The second kappa shape index (κ2) is 16.9. The molecular formula is C46H54N8O7. The first kappa shape index (κ1) is 41.4. The number of H-pyrrole nitrogens is 2. The molecule has 15 heteroatoms. The molecule has 1 aliphatic carbocycles. The molecule has 3 aromatic carbocycles. The fraction of sp³-hybridized carbons (Fsp3) is 0.435. The number of methoxy groups -OCH3 is 2. The van der Waals surface area contributed by atoms with Crippen LogP contribution >= 0.6 is 0 Å². The number of hydrogen-bond donors (Lipinski definition) is 5. The van der Waals surface area contributed by atoms with Crippen molar-refractivity contribution in [2.45, 2.75) is 89.9 Å². The SMILES string of the molecule is COC(=O)N[C@H](C(=O)NC1(c2nc3ccc(-c4ccc(-c5ccc6c(c5)OCCc5[nH]c([C@@H]7CCCN7C(=O)[C@@H](NC(=O)OC)C(C)C)nc5-6)cc4)cc3[nH]2)CCC1)C(C)C. The average Bonchev–Trinajstić information content (AvgIpc) is 3.99. The zero-order valence-corrected chi connectivity index (χ0v) is 35.5. The highest BCUT2D eigenvalue weighted by Crippen LogP contribution is 2.42. The number of carbonyl (C=O) groups is 4. The van der Waals surface area contributed by atoms with Gasteiger partial charge in [-0.1, -0.05) is 64.1 Å². The molecule has 4 amide bonds. The number of fused-ring (bicyclic) bond motifs is 4. The minimum atomic E-state index is -0.740. The number of ether oxygens (including phenoxy) is 3. The lowest BCUT2D eigenvalue weighted by Gasteiger charge is -2.42. The van der Waals surface area contributed by atoms with Gasteiger partial charge in [-0.15, -0.1) is 0 Å². The summed E-state index contributed by atoms with van der Waals surface area (Å²) in [6, 6.07) is 19.1. The van der Waals surface area contributed by atoms with Crippen LogP contribution in [-0.2, 0) is 31.0 Å². The summed E-state index contributed by atoms with van der Waals surface area (Å²) in [6.07, 6.45) is 3.42. The molecule has 0 spiro atoms. The van der Waals surface area contributed by atoms with Crippen LogP contribution in [0.4, 0.5) is 9.59 Å². The third kappa shape index (κ3) is 8.12. The smallest absolute Gasteiger partial charge is 0.407 e. The molecule has 15 nitrogen and oxygen atoms in total. The molecule has 2 aliphatic heterocycles. The normalized spacial score (nSPS) is 17.6. The van der Waals surface area contributed by atoms with E-state index in [4.69, 9.17) is 24.2 Å². The number of rotatable bonds is 11. The molecule has 3 atom stereocenters. The monoisotopic (exact) mass is 830 g/mol. The van der Waals surface area contributed by atoms with Crippen molar-refractivity contribution in [1.82, 2.24) is 40.8 Å². The molecule has 1 saturated carbocycles. The van der Waals surface area contributed by atoms with Gasteiger partial charge in [-0.3, -0.25) is 9.59 Å². The van der Waals surface area contributed by atoms with Gasteiger partial charge in [0.15, 0.2) is 0 Å². The summed E-state index contributed by atoms with van der Waals surface area (Å²) < 4.78 is 15.8. The van der Waals surface area contributed by atoms with Gasteiger partial charge < -0.3 is 45.0 Å². The van der Waals surface area contributed by atoms with Crippen molar-refractivity contribution in [3.63, 3.8) is 0 Å². The Bertz CT molecular complexity index is 2450. The number of carbonyl (C=O) groups excluding carboxylic acids is 4. The van der Waals surface area contributed by atoms with Crippen LogP contribution in [0.25, 0.3) is 44.5 Å². The third-order valence-corrected chi connectivity index (χ3v) is 12.4. The fourth-order valence-corrected chi connectivity index (χ4v) is 8.72. The van der Waals surface area contributed by atoms with E-state index in [1.54, 1.807) is 0 Å². The number of aromatic amines is 2. The Kier molecular flexibility index (Phi) is 11.5. The summed E-state index contributed by atoms with van der Waals surface area (Å²) >= 11 is 0. The second-order valence-corrected chi connectivity index (χ2v) is 17.0. The summed E-state index contributed by atoms with van der Waals surface area (Å²) in [5.41, 5.74) is 7.86. The van der Waals surface area contributed by atoms with Gasteiger partial charge in [0.05, 0.1) is 49.1 Å². The lowest BCUT2D eigenvalue weighted by Crippen LogP contribution is -2.58. The molecular weight excluding hydrogens is 777 g/mol. The zero-order valence-electron chi connectivity index (χ0n) is 35.5. The van der Waals surface area contributed by atoms with Crippen LogP contribution in [0, 0.1) is 11.8 Å². The molecule has 0 bridgehead atoms. The zero-order chi connectivity index (χ0) is 43.0. The van der Waals surface area contributed by atoms with Crippen LogP contribution in [0.15, 0.2) is 60.7 Å². The number of nitrogens with zero attached hydrogens (tertiary/aromatic N) is 3. The van der Waals surface area contributed by atoms with Crippen LogP contribution in [0.3, 0.4) is 0 Å². The lowest BCUT2D eigenvalue weighted by atomic mass is 9.75. The predicted molar refractivity (Wildman–Crippen MR) is 229 cm³/mol. The van der Waals surface area contributed by atoms with Crippen molar-refractivity contribution >= 4 is 35.0 Å². The van der Waals surface area contributed by atoms with Gasteiger partial charge in [0.2, 0.25) is 11.8 Å². The maximum absolute atomic E-state index is 13.7. The highest BCUT2D eigenvalue weighted by Gasteiger charge is 2.44. The Morgan fingerprint density at radius 3 is 2.08 bits per heavy atom. The van der Waals surface area contributed by atoms with Crippen LogP contribution < -0.4 is 20.7 Å². The molecule has 8 rings (SSSR count). The van der Waals surface area contributed by atoms with E-state index in [0.717, 1.165) is 93.9 Å². The van der Waals surface area contributed by atoms with Crippen molar-refractivity contribution < 1.29 is 33.4 Å². The Hall–Kier alpha value is -6.38. The van der Waals surface area contributed by atoms with E-state index in [1.165, 1.54) is 14.2 Å². The van der Waals surface area contributed by atoms with Gasteiger partial charge in [0.25, 0.3) is 0 Å². The Balaban J connectivity index is 0.985. The highest BCUT2D eigenvalue weighted by atomic mass is 16.5. The van der Waals surface area contributed by atoms with E-state index in [0.29, 0.717) is 25.4 Å². The summed E-state index contributed by atoms with van der Waals surface area (Å²) in [5, 5.41) is 8.58. The molecule has 0 radical (unpaired) electrons. The first-order valence-corrected chi connectivity index (χ1v) is 21.2. The van der Waals surface area contributed by atoms with E-state index in [-0.39, 0.29) is 29.7 Å². The van der Waals surface area contributed by atoms with Gasteiger partial charge >= 0.3 is 12.2 Å². The Morgan fingerprint density at radius 1 is 0.803 bits per heavy atom. The molecule has 2 fully saturated rings. The Morgan fingerprint density at radius 2 is 1.44 bits per heavy atom. The van der Waals surface area contributed by atoms with E-state index < -0.39 is 29.8 Å². The maximum Gasteiger partial charge on any atom is 0.407 e. The van der Waals surface area contributed by atoms with Crippen LogP contribution in [0.5, 0.6) is 5.75 Å². The van der Waals surface area contributed by atoms with Crippen molar-refractivity contribution in [3.05, 3.63) is 78.0 Å². The summed E-state index contributed by atoms with van der Waals surface area (Å²) in [6.45, 7) is 8.64. The van der Waals surface area contributed by atoms with Crippen LogP contribution in [0.2, 0.25) is 0 Å². The number of imidazole rings is 2. The standard InChI is InChI=1S/C46H54N8O7/c1-25(2)37(51-44(57)59-5)41(55)53-46(19-8-20-46)43-48-32-17-15-29(23-34(32)49-43)27-10-12-28(13-11-27)30-14-16-31-36(24-30)61-22-18-33-39(31)50-40(47-33)35-9-7-21-54(35)42(56)38(26(3)4)52-45(58)60-6/h10-17,23-26,35,37-38H,7-9,18-22H2,1-6H3,(H,47,50)(H,48,49)(H,51,57)(H,52,58)(H,53,55)/t35-,37-,38-/m0/s1. The number of aromatic nitrogens is 4. The number of likely N-dealkylation sites (tertiary alicyclic amines) is 1. The molecule has 3 aliphatic rings. The maximum atomic E-state index is 13.7. The molecule has 0 unspecified atom stereocenters. The van der Waals surface area contributed by atoms with Crippen molar-refractivity contribution in [2.24, 2.45) is 11.8 Å². The largest absolute Gasteiger partial charge is 0.492 e. The van der Waals surface area contributed by atoms with E-state index in [1.807, 2.05) is 38.7 Å². The fourth-order valence-electron chi connectivity index (χ4n) is 8.72. The van der Waals surface area contributed by atoms with Crippen molar-refractivity contribution in [1.29, 1.82) is 0 Å². The number of alkyl carbamates (subject to hydrolysis) is 2. The lowest BCUT2D eigenvalue weighted by molar-refractivity contribution is -0.135. The van der Waals surface area contributed by atoms with Gasteiger partial charge in [-0.05, 0) is 90.5 Å². The number of nitrogens with one attached hydrogen (secondary N) is 5. The molecule has 4 heterocycles. The minimum absolute atomic E-state index is 0.117. The van der Waals surface area contributed by atoms with Gasteiger partial charge in [0.1, 0.15) is 29.5 Å². The van der Waals surface area contributed by atoms with Gasteiger partial charge in [-0.2, -0.15) is 0 Å². The van der Waals surface area contributed by atoms with E-state index in [2.05, 4.69) is 80.5 Å². The number of benzene rings is 3. The highest BCUT2D eigenvalue weighted by molar-refractivity contribution is 5.88. The second-order valence-electron chi connectivity index (χ2n) is 17.0. The van der Waals surface area contributed by atoms with Gasteiger partial charge in [-0.25, -0.2) is 19.6 Å². The van der Waals surface area contributed by atoms with E-state index >= 15 is 0 Å². The van der Waals surface area contributed by atoms with Crippen LogP contribution in [-0.4, -0.2) is 88.3 Å². The van der Waals surface area contributed by atoms with E-state index in [9.17, 15) is 19.2 Å². The predicted octanol–water partition coefficient (Wildman–Crippen LogP) is 7.14. The summed E-state index contributed by atoms with van der Waals surface area (Å²) in [4.78, 5) is 70.1. The molecule has 5 aromatic rings. The van der Waals surface area contributed by atoms with Crippen LogP contribution in [0.1, 0.15) is 83.2 Å². The van der Waals surface area contributed by atoms with Crippen molar-refractivity contribution in [2.75, 3.05) is 27.4 Å². The first-order valence-electron chi connectivity index (χ1n) is 21.2. The van der Waals surface area contributed by atoms with Crippen molar-refractivity contribution in [3.8, 4) is 39.3 Å². The molecule has 2 aromatic heterocycles. The quantitative estimate of drug-likeness (QED) is 0.0920. The number of amides is 4. The third-order valence-electron chi connectivity index (χ3n) is 12.4. The minimum Gasteiger partial charge on any atom is -0.492 e. The Labute approximate surface area is 354 Å². The average molecular weight is 831 g/mol. The summed E-state index contributed by atoms with van der Waals surface area (Å²) in [5.74, 6) is 1.54. The topological polar surface area (TPSA) is 193 Å². The van der Waals surface area contributed by atoms with Gasteiger partial charge in [0, 0.05) is 24.2 Å².